The molecular weight excluding hydrogens is 366 g/mol. The van der Waals surface area contributed by atoms with E-state index in [-0.39, 0.29) is 11.9 Å². The lowest BCUT2D eigenvalue weighted by molar-refractivity contribution is 0.0600. The predicted octanol–water partition coefficient (Wildman–Crippen LogP) is 3.52. The van der Waals surface area contributed by atoms with Crippen LogP contribution in [0.3, 0.4) is 0 Å². The fraction of sp³-hybridized carbons (Fsp3) is 0.150. The molecule has 2 aromatic carbocycles. The molecular formula is C20H16ClN3O3. The first-order chi connectivity index (χ1) is 13.1. The molecule has 0 fully saturated rings. The third kappa shape index (κ3) is 3.19. The molecule has 0 unspecified atom stereocenters. The summed E-state index contributed by atoms with van der Waals surface area (Å²) in [5, 5.41) is 4.88. The van der Waals surface area contributed by atoms with Crippen LogP contribution in [0.25, 0.3) is 5.69 Å². The van der Waals surface area contributed by atoms with Gasteiger partial charge in [0, 0.05) is 23.5 Å². The highest BCUT2D eigenvalue weighted by Crippen LogP contribution is 2.30. The van der Waals surface area contributed by atoms with Crippen molar-refractivity contribution in [1.82, 2.24) is 9.78 Å². The first kappa shape index (κ1) is 17.3. The summed E-state index contributed by atoms with van der Waals surface area (Å²) in [6.07, 6.45) is 3.92. The van der Waals surface area contributed by atoms with Crippen molar-refractivity contribution in [3.8, 4) is 5.69 Å². The summed E-state index contributed by atoms with van der Waals surface area (Å²) >= 11 is 6.02. The molecule has 0 saturated carbocycles. The molecule has 0 aliphatic carbocycles. The van der Waals surface area contributed by atoms with E-state index >= 15 is 0 Å². The number of carbonyl (C=O) groups is 2. The van der Waals surface area contributed by atoms with E-state index in [4.69, 9.17) is 16.3 Å². The molecule has 2 heterocycles. The van der Waals surface area contributed by atoms with Crippen LogP contribution in [0.4, 0.5) is 5.69 Å². The van der Waals surface area contributed by atoms with E-state index in [1.807, 2.05) is 12.1 Å². The van der Waals surface area contributed by atoms with Gasteiger partial charge in [-0.1, -0.05) is 17.7 Å². The first-order valence-electron chi connectivity index (χ1n) is 8.40. The van der Waals surface area contributed by atoms with E-state index in [1.54, 1.807) is 52.3 Å². The lowest BCUT2D eigenvalue weighted by Gasteiger charge is -2.16. The third-order valence-electron chi connectivity index (χ3n) is 4.54. The molecule has 1 aliphatic rings. The van der Waals surface area contributed by atoms with Crippen molar-refractivity contribution in [3.05, 3.63) is 76.6 Å². The molecule has 4 rings (SSSR count). The second-order valence-corrected chi connectivity index (χ2v) is 6.63. The van der Waals surface area contributed by atoms with Gasteiger partial charge in [-0.05, 0) is 48.4 Å². The Labute approximate surface area is 160 Å². The zero-order valence-corrected chi connectivity index (χ0v) is 15.3. The fourth-order valence-electron chi connectivity index (χ4n) is 3.21. The average molecular weight is 382 g/mol. The fourth-order valence-corrected chi connectivity index (χ4v) is 3.39. The van der Waals surface area contributed by atoms with E-state index in [2.05, 4.69) is 5.10 Å². The first-order valence-corrected chi connectivity index (χ1v) is 8.78. The van der Waals surface area contributed by atoms with Crippen LogP contribution >= 0.6 is 11.6 Å². The molecule has 0 spiro atoms. The standard InChI is InChI=1S/C20H16ClN3O3/c1-27-20(26)14-5-6-18-13(9-14)7-8-23(18)19(25)15-11-22-24(12-15)17-4-2-3-16(21)10-17/h2-6,9-12H,7-8H2,1H3. The zero-order chi connectivity index (χ0) is 19.0. The third-order valence-corrected chi connectivity index (χ3v) is 4.78. The Bertz CT molecular complexity index is 1040. The van der Waals surface area contributed by atoms with Gasteiger partial charge in [0.05, 0.1) is 30.1 Å². The number of carbonyl (C=O) groups excluding carboxylic acids is 2. The number of benzene rings is 2. The molecule has 136 valence electrons. The Balaban J connectivity index is 1.60. The number of ether oxygens (including phenoxy) is 1. The highest BCUT2D eigenvalue weighted by atomic mass is 35.5. The van der Waals surface area contributed by atoms with E-state index < -0.39 is 0 Å². The lowest BCUT2D eigenvalue weighted by atomic mass is 10.1. The zero-order valence-electron chi connectivity index (χ0n) is 14.6. The Morgan fingerprint density at radius 3 is 2.78 bits per heavy atom. The van der Waals surface area contributed by atoms with E-state index in [0.717, 1.165) is 16.9 Å². The number of aromatic nitrogens is 2. The van der Waals surface area contributed by atoms with Crippen molar-refractivity contribution in [2.45, 2.75) is 6.42 Å². The lowest BCUT2D eigenvalue weighted by Crippen LogP contribution is -2.28. The molecule has 3 aromatic rings. The number of methoxy groups -OCH3 is 1. The summed E-state index contributed by atoms with van der Waals surface area (Å²) in [7, 11) is 1.35. The quantitative estimate of drug-likeness (QED) is 0.651. The molecule has 7 heteroatoms. The van der Waals surface area contributed by atoms with Crippen molar-refractivity contribution in [1.29, 1.82) is 0 Å². The van der Waals surface area contributed by atoms with Gasteiger partial charge in [0.2, 0.25) is 0 Å². The van der Waals surface area contributed by atoms with Gasteiger partial charge < -0.3 is 9.64 Å². The molecule has 0 radical (unpaired) electrons. The molecule has 1 amide bonds. The molecule has 6 nitrogen and oxygen atoms in total. The van der Waals surface area contributed by atoms with Gasteiger partial charge in [0.25, 0.3) is 5.91 Å². The average Bonchev–Trinajstić information content (AvgIpc) is 3.33. The minimum absolute atomic E-state index is 0.132. The minimum Gasteiger partial charge on any atom is -0.465 e. The number of fused-ring (bicyclic) bond motifs is 1. The van der Waals surface area contributed by atoms with Crippen LogP contribution in [-0.2, 0) is 11.2 Å². The number of hydrogen-bond acceptors (Lipinski definition) is 4. The summed E-state index contributed by atoms with van der Waals surface area (Å²) in [4.78, 5) is 26.3. The molecule has 0 N–H and O–H groups in total. The Morgan fingerprint density at radius 2 is 2.00 bits per heavy atom. The summed E-state index contributed by atoms with van der Waals surface area (Å²) < 4.78 is 6.37. The van der Waals surface area contributed by atoms with Crippen LogP contribution in [0.1, 0.15) is 26.3 Å². The van der Waals surface area contributed by atoms with Gasteiger partial charge in [-0.25, -0.2) is 9.48 Å². The van der Waals surface area contributed by atoms with Gasteiger partial charge in [0.15, 0.2) is 0 Å². The Morgan fingerprint density at radius 1 is 1.15 bits per heavy atom. The molecule has 0 saturated heterocycles. The van der Waals surface area contributed by atoms with Gasteiger partial charge in [-0.15, -0.1) is 0 Å². The second kappa shape index (κ2) is 6.89. The number of anilines is 1. The van der Waals surface area contributed by atoms with Crippen LogP contribution in [-0.4, -0.2) is 35.3 Å². The molecule has 0 bridgehead atoms. The summed E-state index contributed by atoms with van der Waals surface area (Å²) in [6, 6.07) is 12.5. The summed E-state index contributed by atoms with van der Waals surface area (Å²) in [6.45, 7) is 0.557. The molecule has 27 heavy (non-hydrogen) atoms. The highest BCUT2D eigenvalue weighted by Gasteiger charge is 2.27. The van der Waals surface area contributed by atoms with Gasteiger partial charge in [0.1, 0.15) is 0 Å². The summed E-state index contributed by atoms with van der Waals surface area (Å²) in [5.74, 6) is -0.516. The highest BCUT2D eigenvalue weighted by molar-refractivity contribution is 6.30. The summed E-state index contributed by atoms with van der Waals surface area (Å²) in [5.41, 5.74) is 3.52. The number of halogens is 1. The topological polar surface area (TPSA) is 64.4 Å². The molecule has 1 aromatic heterocycles. The van der Waals surface area contributed by atoms with Crippen molar-refractivity contribution < 1.29 is 14.3 Å². The maximum atomic E-state index is 13.0. The largest absolute Gasteiger partial charge is 0.465 e. The van der Waals surface area contributed by atoms with E-state index in [0.29, 0.717) is 29.1 Å². The van der Waals surface area contributed by atoms with Crippen molar-refractivity contribution in [2.24, 2.45) is 0 Å². The smallest absolute Gasteiger partial charge is 0.337 e. The maximum absolute atomic E-state index is 13.0. The maximum Gasteiger partial charge on any atom is 0.337 e. The Kier molecular flexibility index (Phi) is 4.41. The van der Waals surface area contributed by atoms with E-state index in [9.17, 15) is 9.59 Å². The van der Waals surface area contributed by atoms with Crippen LogP contribution in [0.15, 0.2) is 54.9 Å². The van der Waals surface area contributed by atoms with Crippen molar-refractivity contribution in [2.75, 3.05) is 18.6 Å². The van der Waals surface area contributed by atoms with Gasteiger partial charge in [-0.2, -0.15) is 5.10 Å². The Hall–Kier alpha value is -3.12. The molecule has 1 aliphatic heterocycles. The number of esters is 1. The van der Waals surface area contributed by atoms with Gasteiger partial charge >= 0.3 is 5.97 Å². The number of amides is 1. The SMILES string of the molecule is COC(=O)c1ccc2c(c1)CCN2C(=O)c1cnn(-c2cccc(Cl)c2)c1. The number of hydrogen-bond donors (Lipinski definition) is 0. The van der Waals surface area contributed by atoms with Crippen LogP contribution in [0.5, 0.6) is 0 Å². The van der Waals surface area contributed by atoms with E-state index in [1.165, 1.54) is 7.11 Å². The predicted molar refractivity (Wildman–Crippen MR) is 102 cm³/mol. The van der Waals surface area contributed by atoms with Crippen LogP contribution in [0, 0.1) is 0 Å². The monoisotopic (exact) mass is 381 g/mol. The van der Waals surface area contributed by atoms with Gasteiger partial charge in [-0.3, -0.25) is 4.79 Å². The van der Waals surface area contributed by atoms with Crippen molar-refractivity contribution >= 4 is 29.2 Å². The van der Waals surface area contributed by atoms with Crippen molar-refractivity contribution in [3.63, 3.8) is 0 Å². The van der Waals surface area contributed by atoms with Crippen LogP contribution in [0.2, 0.25) is 5.02 Å². The number of rotatable bonds is 3. The minimum atomic E-state index is -0.384. The second-order valence-electron chi connectivity index (χ2n) is 6.20. The molecule has 0 atom stereocenters. The normalized spacial score (nSPS) is 12.7. The van der Waals surface area contributed by atoms with Crippen LogP contribution < -0.4 is 4.90 Å². The number of nitrogens with zero attached hydrogens (tertiary/aromatic N) is 3.